The van der Waals surface area contributed by atoms with E-state index in [0.29, 0.717) is 17.3 Å². The van der Waals surface area contributed by atoms with Gasteiger partial charge in [0.2, 0.25) is 0 Å². The molecular formula is C17H24ClNO4. The molecule has 0 heterocycles. The number of nitrogens with one attached hydrogen (secondary N) is 1. The van der Waals surface area contributed by atoms with Crippen molar-refractivity contribution in [3.63, 3.8) is 0 Å². The first-order valence-corrected chi connectivity index (χ1v) is 8.04. The first-order chi connectivity index (χ1) is 10.8. The van der Waals surface area contributed by atoms with Gasteiger partial charge < -0.3 is 14.8 Å². The molecule has 6 heteroatoms. The minimum atomic E-state index is -0.845. The zero-order valence-corrected chi connectivity index (χ0v) is 15.0. The average Bonchev–Trinajstić information content (AvgIpc) is 2.47. The molecule has 23 heavy (non-hydrogen) atoms. The molecule has 0 unspecified atom stereocenters. The standard InChI is InChI=1S/C17H24ClNO4/c1-6-19-17(21)12(5)23-16(20)9-22-15-7-11(4)14(18)8-13(15)10(2)3/h7-8,10,12H,6,9H2,1-5H3,(H,19,21)/t12-/m0/s1. The van der Waals surface area contributed by atoms with E-state index in [1.807, 2.05) is 26.8 Å². The number of carbonyl (C=O) groups is 2. The van der Waals surface area contributed by atoms with E-state index in [0.717, 1.165) is 11.1 Å². The maximum atomic E-state index is 11.8. The molecule has 0 fully saturated rings. The highest BCUT2D eigenvalue weighted by atomic mass is 35.5. The second kappa shape index (κ2) is 8.77. The summed E-state index contributed by atoms with van der Waals surface area (Å²) in [6.07, 6.45) is -0.845. The molecule has 1 amide bonds. The Kier molecular flexibility index (Phi) is 7.36. The van der Waals surface area contributed by atoms with Gasteiger partial charge >= 0.3 is 5.97 Å². The Morgan fingerprint density at radius 2 is 1.91 bits per heavy atom. The fourth-order valence-corrected chi connectivity index (χ4v) is 2.16. The topological polar surface area (TPSA) is 64.6 Å². The van der Waals surface area contributed by atoms with Crippen LogP contribution in [0.2, 0.25) is 5.02 Å². The van der Waals surface area contributed by atoms with Crippen LogP contribution in [0.25, 0.3) is 0 Å². The lowest BCUT2D eigenvalue weighted by Gasteiger charge is -2.17. The number of rotatable bonds is 7. The van der Waals surface area contributed by atoms with Crippen molar-refractivity contribution in [2.75, 3.05) is 13.2 Å². The van der Waals surface area contributed by atoms with Gasteiger partial charge in [-0.15, -0.1) is 0 Å². The van der Waals surface area contributed by atoms with Gasteiger partial charge in [0, 0.05) is 11.6 Å². The van der Waals surface area contributed by atoms with Crippen LogP contribution in [0.4, 0.5) is 0 Å². The quantitative estimate of drug-likeness (QED) is 0.773. The molecule has 128 valence electrons. The SMILES string of the molecule is CCNC(=O)[C@H](C)OC(=O)COc1cc(C)c(Cl)cc1C(C)C. The number of benzene rings is 1. The fourth-order valence-electron chi connectivity index (χ4n) is 1.99. The molecule has 1 rings (SSSR count). The van der Waals surface area contributed by atoms with Gasteiger partial charge in [-0.1, -0.05) is 25.4 Å². The summed E-state index contributed by atoms with van der Waals surface area (Å²) in [5, 5.41) is 3.25. The molecule has 0 aliphatic carbocycles. The van der Waals surface area contributed by atoms with E-state index >= 15 is 0 Å². The Morgan fingerprint density at radius 1 is 1.26 bits per heavy atom. The normalized spacial score (nSPS) is 12.0. The smallest absolute Gasteiger partial charge is 0.344 e. The summed E-state index contributed by atoms with van der Waals surface area (Å²) in [6.45, 7) is 9.45. The molecule has 0 bridgehead atoms. The van der Waals surface area contributed by atoms with Gasteiger partial charge in [-0.05, 0) is 49.9 Å². The van der Waals surface area contributed by atoms with Crippen molar-refractivity contribution in [3.05, 3.63) is 28.3 Å². The number of halogens is 1. The van der Waals surface area contributed by atoms with Crippen molar-refractivity contribution in [2.24, 2.45) is 0 Å². The average molecular weight is 342 g/mol. The fraction of sp³-hybridized carbons (Fsp3) is 0.529. The van der Waals surface area contributed by atoms with Gasteiger partial charge in [0.25, 0.3) is 5.91 Å². The molecule has 0 aliphatic heterocycles. The monoisotopic (exact) mass is 341 g/mol. The number of hydrogen-bond donors (Lipinski definition) is 1. The molecule has 1 atom stereocenters. The van der Waals surface area contributed by atoms with E-state index in [9.17, 15) is 9.59 Å². The highest BCUT2D eigenvalue weighted by Crippen LogP contribution is 2.31. The molecule has 1 aromatic rings. The first-order valence-electron chi connectivity index (χ1n) is 7.66. The molecule has 5 nitrogen and oxygen atoms in total. The van der Waals surface area contributed by atoms with Gasteiger partial charge in [0.1, 0.15) is 5.75 Å². The van der Waals surface area contributed by atoms with Gasteiger partial charge in [-0.2, -0.15) is 0 Å². The van der Waals surface area contributed by atoms with E-state index < -0.39 is 12.1 Å². The molecule has 0 radical (unpaired) electrons. The molecule has 0 saturated carbocycles. The number of ether oxygens (including phenoxy) is 2. The zero-order chi connectivity index (χ0) is 17.6. The van der Waals surface area contributed by atoms with E-state index in [1.165, 1.54) is 6.92 Å². The largest absolute Gasteiger partial charge is 0.482 e. The van der Waals surface area contributed by atoms with Crippen molar-refractivity contribution in [1.29, 1.82) is 0 Å². The third kappa shape index (κ3) is 5.75. The summed E-state index contributed by atoms with van der Waals surface area (Å²) in [4.78, 5) is 23.3. The summed E-state index contributed by atoms with van der Waals surface area (Å²) < 4.78 is 10.6. The Morgan fingerprint density at radius 3 is 2.48 bits per heavy atom. The summed E-state index contributed by atoms with van der Waals surface area (Å²) in [5.41, 5.74) is 1.79. The van der Waals surface area contributed by atoms with Crippen LogP contribution < -0.4 is 10.1 Å². The van der Waals surface area contributed by atoms with Gasteiger partial charge in [0.05, 0.1) is 0 Å². The lowest BCUT2D eigenvalue weighted by molar-refractivity contribution is -0.156. The molecule has 0 saturated heterocycles. The van der Waals surface area contributed by atoms with E-state index in [2.05, 4.69) is 5.32 Å². The Labute approximate surface area is 142 Å². The van der Waals surface area contributed by atoms with Crippen LogP contribution in [0.5, 0.6) is 5.75 Å². The Balaban J connectivity index is 2.69. The van der Waals surface area contributed by atoms with Gasteiger partial charge in [0.15, 0.2) is 12.7 Å². The maximum Gasteiger partial charge on any atom is 0.344 e. The number of carbonyl (C=O) groups excluding carboxylic acids is 2. The maximum absolute atomic E-state index is 11.8. The van der Waals surface area contributed by atoms with Crippen molar-refractivity contribution in [1.82, 2.24) is 5.32 Å². The van der Waals surface area contributed by atoms with Crippen molar-refractivity contribution < 1.29 is 19.1 Å². The summed E-state index contributed by atoms with van der Waals surface area (Å²) in [7, 11) is 0. The van der Waals surface area contributed by atoms with Crippen LogP contribution in [0.3, 0.4) is 0 Å². The zero-order valence-electron chi connectivity index (χ0n) is 14.2. The molecule has 0 aliphatic rings. The predicted molar refractivity (Wildman–Crippen MR) is 90.0 cm³/mol. The Bertz CT molecular complexity index is 572. The number of aryl methyl sites for hydroxylation is 1. The minimum absolute atomic E-state index is 0.202. The highest BCUT2D eigenvalue weighted by Gasteiger charge is 2.18. The van der Waals surface area contributed by atoms with Gasteiger partial charge in [-0.3, -0.25) is 4.79 Å². The third-order valence-corrected chi connectivity index (χ3v) is 3.69. The lowest BCUT2D eigenvalue weighted by Crippen LogP contribution is -2.36. The second-order valence-electron chi connectivity index (χ2n) is 5.61. The molecular weight excluding hydrogens is 318 g/mol. The molecule has 1 aromatic carbocycles. The minimum Gasteiger partial charge on any atom is -0.482 e. The van der Waals surface area contributed by atoms with Crippen LogP contribution in [-0.2, 0) is 14.3 Å². The van der Waals surface area contributed by atoms with Crippen LogP contribution >= 0.6 is 11.6 Å². The predicted octanol–water partition coefficient (Wildman–Crippen LogP) is 3.22. The first kappa shape index (κ1) is 19.3. The van der Waals surface area contributed by atoms with Crippen LogP contribution in [0.1, 0.15) is 44.7 Å². The van der Waals surface area contributed by atoms with Crippen molar-refractivity contribution in [3.8, 4) is 5.75 Å². The van der Waals surface area contributed by atoms with E-state index in [-0.39, 0.29) is 18.4 Å². The lowest BCUT2D eigenvalue weighted by atomic mass is 10.0. The van der Waals surface area contributed by atoms with Crippen molar-refractivity contribution in [2.45, 2.75) is 46.6 Å². The number of amides is 1. The summed E-state index contributed by atoms with van der Waals surface area (Å²) in [5.74, 6) is -0.116. The molecule has 1 N–H and O–H groups in total. The number of esters is 1. The summed E-state index contributed by atoms with van der Waals surface area (Å²) >= 11 is 6.13. The molecule has 0 spiro atoms. The highest BCUT2D eigenvalue weighted by molar-refractivity contribution is 6.31. The number of likely N-dealkylation sites (N-methyl/N-ethyl adjacent to an activating group) is 1. The Hall–Kier alpha value is -1.75. The van der Waals surface area contributed by atoms with E-state index in [1.54, 1.807) is 13.0 Å². The third-order valence-electron chi connectivity index (χ3n) is 3.29. The molecule has 0 aromatic heterocycles. The van der Waals surface area contributed by atoms with Crippen molar-refractivity contribution >= 4 is 23.5 Å². The summed E-state index contributed by atoms with van der Waals surface area (Å²) in [6, 6.07) is 3.65. The van der Waals surface area contributed by atoms with E-state index in [4.69, 9.17) is 21.1 Å². The second-order valence-corrected chi connectivity index (χ2v) is 6.02. The number of hydrogen-bond acceptors (Lipinski definition) is 4. The van der Waals surface area contributed by atoms with Crippen LogP contribution in [0.15, 0.2) is 12.1 Å². The van der Waals surface area contributed by atoms with Gasteiger partial charge in [-0.25, -0.2) is 4.79 Å². The van der Waals surface area contributed by atoms with Crippen LogP contribution in [-0.4, -0.2) is 31.1 Å². The van der Waals surface area contributed by atoms with Crippen LogP contribution in [0, 0.1) is 6.92 Å².